The lowest BCUT2D eigenvalue weighted by atomic mass is 9.84. The lowest BCUT2D eigenvalue weighted by Crippen LogP contribution is -2.57. The average Bonchev–Trinajstić information content (AvgIpc) is 3.09. The van der Waals surface area contributed by atoms with Crippen LogP contribution in [0.1, 0.15) is 22.5 Å². The SMILES string of the molecule is O=C(NC1CN2CCC1CC2)c1cnc(-c2ccc(F)c(F)c2)s1. The number of fused-ring (bicyclic) bond motifs is 3. The molecule has 24 heavy (non-hydrogen) atoms. The smallest absolute Gasteiger partial charge is 0.263 e. The predicted octanol–water partition coefficient (Wildman–Crippen LogP) is 2.91. The van der Waals surface area contributed by atoms with Gasteiger partial charge in [0.05, 0.1) is 6.20 Å². The van der Waals surface area contributed by atoms with Crippen LogP contribution >= 0.6 is 11.3 Å². The van der Waals surface area contributed by atoms with Crippen LogP contribution in [0.4, 0.5) is 8.78 Å². The number of carbonyl (C=O) groups is 1. The molecule has 126 valence electrons. The summed E-state index contributed by atoms with van der Waals surface area (Å²) in [6.07, 6.45) is 3.76. The molecule has 0 saturated carbocycles. The van der Waals surface area contributed by atoms with Gasteiger partial charge in [0, 0.05) is 18.2 Å². The van der Waals surface area contributed by atoms with Gasteiger partial charge in [-0.3, -0.25) is 4.79 Å². The Kier molecular flexibility index (Phi) is 4.05. The van der Waals surface area contributed by atoms with Gasteiger partial charge in [-0.2, -0.15) is 0 Å². The fraction of sp³-hybridized carbons (Fsp3) is 0.412. The Morgan fingerprint density at radius 3 is 2.71 bits per heavy atom. The lowest BCUT2D eigenvalue weighted by Gasteiger charge is -2.44. The highest BCUT2D eigenvalue weighted by atomic mass is 32.1. The highest BCUT2D eigenvalue weighted by Crippen LogP contribution is 2.29. The molecule has 3 aliphatic rings. The van der Waals surface area contributed by atoms with E-state index in [1.54, 1.807) is 0 Å². The van der Waals surface area contributed by atoms with Crippen molar-refractivity contribution in [1.82, 2.24) is 15.2 Å². The van der Waals surface area contributed by atoms with Gasteiger partial charge in [0.15, 0.2) is 11.6 Å². The average molecular weight is 349 g/mol. The molecule has 1 atom stereocenters. The van der Waals surface area contributed by atoms with Crippen molar-refractivity contribution in [2.45, 2.75) is 18.9 Å². The van der Waals surface area contributed by atoms with Gasteiger partial charge in [-0.1, -0.05) is 0 Å². The number of piperidine rings is 3. The van der Waals surface area contributed by atoms with Crippen LogP contribution in [0.5, 0.6) is 0 Å². The van der Waals surface area contributed by atoms with E-state index in [1.165, 1.54) is 23.6 Å². The predicted molar refractivity (Wildman–Crippen MR) is 87.9 cm³/mol. The third-order valence-electron chi connectivity index (χ3n) is 4.87. The van der Waals surface area contributed by atoms with Crippen molar-refractivity contribution in [3.05, 3.63) is 40.9 Å². The van der Waals surface area contributed by atoms with Gasteiger partial charge in [-0.15, -0.1) is 11.3 Å². The second kappa shape index (κ2) is 6.22. The maximum Gasteiger partial charge on any atom is 0.263 e. The molecule has 1 amide bonds. The minimum absolute atomic E-state index is 0.139. The Labute approximate surface area is 142 Å². The van der Waals surface area contributed by atoms with E-state index in [1.807, 2.05) is 0 Å². The van der Waals surface area contributed by atoms with Gasteiger partial charge in [0.1, 0.15) is 9.88 Å². The molecule has 4 heterocycles. The molecule has 5 rings (SSSR count). The number of amides is 1. The summed E-state index contributed by atoms with van der Waals surface area (Å²) in [5, 5.41) is 3.61. The summed E-state index contributed by atoms with van der Waals surface area (Å²) >= 11 is 1.19. The van der Waals surface area contributed by atoms with Crippen molar-refractivity contribution < 1.29 is 13.6 Å². The number of rotatable bonds is 3. The quantitative estimate of drug-likeness (QED) is 0.927. The summed E-state index contributed by atoms with van der Waals surface area (Å²) in [6.45, 7) is 3.15. The molecule has 3 fully saturated rings. The Hall–Kier alpha value is -1.86. The van der Waals surface area contributed by atoms with Gasteiger partial charge in [0.2, 0.25) is 0 Å². The summed E-state index contributed by atoms with van der Waals surface area (Å²) in [4.78, 5) is 19.5. The second-order valence-electron chi connectivity index (χ2n) is 6.38. The summed E-state index contributed by atoms with van der Waals surface area (Å²) in [6, 6.07) is 3.82. The van der Waals surface area contributed by atoms with Crippen LogP contribution in [-0.2, 0) is 0 Å². The zero-order chi connectivity index (χ0) is 16.7. The van der Waals surface area contributed by atoms with Crippen molar-refractivity contribution in [3.63, 3.8) is 0 Å². The van der Waals surface area contributed by atoms with Crippen molar-refractivity contribution >= 4 is 17.2 Å². The molecule has 0 aliphatic carbocycles. The van der Waals surface area contributed by atoms with E-state index in [0.717, 1.165) is 44.6 Å². The molecule has 1 aromatic heterocycles. The number of thiazole rings is 1. The fourth-order valence-electron chi connectivity index (χ4n) is 3.51. The first-order valence-electron chi connectivity index (χ1n) is 8.04. The van der Waals surface area contributed by atoms with E-state index >= 15 is 0 Å². The molecular weight excluding hydrogens is 332 g/mol. The molecule has 4 nitrogen and oxygen atoms in total. The Balaban J connectivity index is 1.48. The van der Waals surface area contributed by atoms with Crippen molar-refractivity contribution in [3.8, 4) is 10.6 Å². The highest BCUT2D eigenvalue weighted by molar-refractivity contribution is 7.16. The zero-order valence-electron chi connectivity index (χ0n) is 13.0. The molecular formula is C17H17F2N3OS. The molecule has 0 radical (unpaired) electrons. The van der Waals surface area contributed by atoms with E-state index in [0.29, 0.717) is 21.4 Å². The van der Waals surface area contributed by atoms with Crippen LogP contribution in [0.15, 0.2) is 24.4 Å². The third kappa shape index (κ3) is 2.93. The minimum Gasteiger partial charge on any atom is -0.347 e. The first kappa shape index (κ1) is 15.7. The molecule has 1 unspecified atom stereocenters. The Morgan fingerprint density at radius 2 is 2.04 bits per heavy atom. The van der Waals surface area contributed by atoms with Gasteiger partial charge in [-0.05, 0) is 50.0 Å². The van der Waals surface area contributed by atoms with E-state index < -0.39 is 11.6 Å². The monoisotopic (exact) mass is 349 g/mol. The Morgan fingerprint density at radius 1 is 1.25 bits per heavy atom. The largest absolute Gasteiger partial charge is 0.347 e. The fourth-order valence-corrected chi connectivity index (χ4v) is 4.33. The molecule has 1 aromatic carbocycles. The first-order chi connectivity index (χ1) is 11.6. The summed E-state index contributed by atoms with van der Waals surface area (Å²) in [5.41, 5.74) is 0.473. The normalized spacial score (nSPS) is 25.7. The van der Waals surface area contributed by atoms with Crippen LogP contribution in [-0.4, -0.2) is 41.5 Å². The molecule has 3 saturated heterocycles. The lowest BCUT2D eigenvalue weighted by molar-refractivity contribution is 0.0622. The number of carbonyl (C=O) groups excluding carboxylic acids is 1. The summed E-state index contributed by atoms with van der Waals surface area (Å²) in [5.74, 6) is -1.39. The number of hydrogen-bond acceptors (Lipinski definition) is 4. The number of hydrogen-bond donors (Lipinski definition) is 1. The molecule has 2 aromatic rings. The van der Waals surface area contributed by atoms with Gasteiger partial charge in [-0.25, -0.2) is 13.8 Å². The minimum atomic E-state index is -0.916. The van der Waals surface area contributed by atoms with Gasteiger partial charge in [0.25, 0.3) is 5.91 Å². The third-order valence-corrected chi connectivity index (χ3v) is 5.91. The van der Waals surface area contributed by atoms with E-state index in [4.69, 9.17) is 0 Å². The van der Waals surface area contributed by atoms with Crippen molar-refractivity contribution in [1.29, 1.82) is 0 Å². The molecule has 3 aliphatic heterocycles. The zero-order valence-corrected chi connectivity index (χ0v) is 13.8. The Bertz CT molecular complexity index is 771. The van der Waals surface area contributed by atoms with Crippen LogP contribution in [0.25, 0.3) is 10.6 Å². The second-order valence-corrected chi connectivity index (χ2v) is 7.41. The molecule has 0 spiro atoms. The summed E-state index contributed by atoms with van der Waals surface area (Å²) < 4.78 is 26.4. The first-order valence-corrected chi connectivity index (χ1v) is 8.86. The van der Waals surface area contributed by atoms with Gasteiger partial charge < -0.3 is 10.2 Å². The van der Waals surface area contributed by atoms with Crippen LogP contribution in [0, 0.1) is 17.6 Å². The van der Waals surface area contributed by atoms with Crippen LogP contribution in [0.3, 0.4) is 0 Å². The van der Waals surface area contributed by atoms with Crippen molar-refractivity contribution in [2.24, 2.45) is 5.92 Å². The van der Waals surface area contributed by atoms with E-state index in [-0.39, 0.29) is 11.9 Å². The number of benzene rings is 1. The number of halogens is 2. The maximum absolute atomic E-state index is 13.3. The standard InChI is InChI=1S/C17H17F2N3OS/c18-12-2-1-11(7-13(12)19)17-20-8-15(24-17)16(23)21-14-9-22-5-3-10(14)4-6-22/h1-2,7-8,10,14H,3-6,9H2,(H,21,23). The number of aromatic nitrogens is 1. The number of nitrogens with zero attached hydrogens (tertiary/aromatic N) is 2. The molecule has 7 heteroatoms. The summed E-state index contributed by atoms with van der Waals surface area (Å²) in [7, 11) is 0. The topological polar surface area (TPSA) is 45.2 Å². The van der Waals surface area contributed by atoms with Gasteiger partial charge >= 0.3 is 0 Å². The molecule has 2 bridgehead atoms. The number of nitrogens with one attached hydrogen (secondary N) is 1. The van der Waals surface area contributed by atoms with Crippen LogP contribution < -0.4 is 5.32 Å². The highest BCUT2D eigenvalue weighted by Gasteiger charge is 2.35. The van der Waals surface area contributed by atoms with Crippen LogP contribution in [0.2, 0.25) is 0 Å². The van der Waals surface area contributed by atoms with Crippen molar-refractivity contribution in [2.75, 3.05) is 19.6 Å². The maximum atomic E-state index is 13.3. The van der Waals surface area contributed by atoms with E-state index in [2.05, 4.69) is 15.2 Å². The molecule has 1 N–H and O–H groups in total. The van der Waals surface area contributed by atoms with E-state index in [9.17, 15) is 13.6 Å².